The number of benzene rings is 2. The fourth-order valence-electron chi connectivity index (χ4n) is 2.49. The highest BCUT2D eigenvalue weighted by Crippen LogP contribution is 2.41. The van der Waals surface area contributed by atoms with Gasteiger partial charge in [-0.15, -0.1) is 0 Å². The van der Waals surface area contributed by atoms with Crippen molar-refractivity contribution < 1.29 is 19.3 Å². The van der Waals surface area contributed by atoms with Crippen LogP contribution >= 0.6 is 0 Å². The average molecular weight is 276 g/mol. The lowest BCUT2D eigenvalue weighted by Gasteiger charge is -2.17. The molecule has 0 bridgehead atoms. The molecule has 0 spiro atoms. The van der Waals surface area contributed by atoms with Crippen LogP contribution in [0.1, 0.15) is 12.5 Å². The van der Waals surface area contributed by atoms with Gasteiger partial charge in [0.25, 0.3) is 0 Å². The molecule has 4 nitrogen and oxygen atoms in total. The molecule has 0 aliphatic carbocycles. The van der Waals surface area contributed by atoms with Crippen molar-refractivity contribution in [3.8, 4) is 17.2 Å². The highest BCUT2D eigenvalue weighted by atomic mass is 16.5. The Morgan fingerprint density at radius 1 is 1.05 bits per heavy atom. The summed E-state index contributed by atoms with van der Waals surface area (Å²) >= 11 is 0. The number of methoxy groups -OCH3 is 3. The van der Waals surface area contributed by atoms with E-state index in [4.69, 9.17) is 14.2 Å². The normalized spacial score (nSPS) is 12.2. The quantitative estimate of drug-likeness (QED) is 0.912. The van der Waals surface area contributed by atoms with E-state index in [0.29, 0.717) is 12.2 Å². The van der Waals surface area contributed by atoms with Gasteiger partial charge in [-0.25, -0.2) is 0 Å². The van der Waals surface area contributed by atoms with Gasteiger partial charge < -0.3 is 19.3 Å². The first-order valence-corrected chi connectivity index (χ1v) is 6.51. The highest BCUT2D eigenvalue weighted by Gasteiger charge is 2.17. The fraction of sp³-hybridized carbons (Fsp3) is 0.375. The second-order valence-corrected chi connectivity index (χ2v) is 4.71. The third-order valence-corrected chi connectivity index (χ3v) is 3.27. The maximum Gasteiger partial charge on any atom is 0.130 e. The number of aliphatic hydroxyl groups excluding tert-OH is 1. The number of fused-ring (bicyclic) bond motifs is 1. The summed E-state index contributed by atoms with van der Waals surface area (Å²) in [7, 11) is 4.89. The van der Waals surface area contributed by atoms with Crippen LogP contribution in [0.2, 0.25) is 0 Å². The average Bonchev–Trinajstić information content (AvgIpc) is 2.44. The second kappa shape index (κ2) is 6.01. The molecule has 4 heteroatoms. The van der Waals surface area contributed by atoms with Crippen LogP contribution in [0.5, 0.6) is 17.2 Å². The summed E-state index contributed by atoms with van der Waals surface area (Å²) in [6, 6.07) is 7.66. The molecule has 2 rings (SSSR count). The molecule has 0 aliphatic rings. The van der Waals surface area contributed by atoms with Gasteiger partial charge in [-0.2, -0.15) is 0 Å². The Morgan fingerprint density at radius 2 is 1.75 bits per heavy atom. The van der Waals surface area contributed by atoms with Gasteiger partial charge in [0.05, 0.1) is 32.8 Å². The van der Waals surface area contributed by atoms with Gasteiger partial charge in [0.2, 0.25) is 0 Å². The van der Waals surface area contributed by atoms with Gasteiger partial charge in [0, 0.05) is 17.4 Å². The minimum absolute atomic E-state index is 0.448. The molecule has 108 valence electrons. The van der Waals surface area contributed by atoms with Crippen LogP contribution in [0.15, 0.2) is 24.3 Å². The van der Waals surface area contributed by atoms with Gasteiger partial charge in [-0.05, 0) is 19.1 Å². The lowest BCUT2D eigenvalue weighted by molar-refractivity contribution is 0.194. The van der Waals surface area contributed by atoms with Crippen LogP contribution < -0.4 is 14.2 Å². The first-order valence-electron chi connectivity index (χ1n) is 6.51. The first kappa shape index (κ1) is 14.5. The smallest absolute Gasteiger partial charge is 0.130 e. The molecule has 1 N–H and O–H groups in total. The third-order valence-electron chi connectivity index (χ3n) is 3.27. The topological polar surface area (TPSA) is 47.9 Å². The molecular formula is C16H20O4. The molecule has 1 atom stereocenters. The zero-order chi connectivity index (χ0) is 14.7. The largest absolute Gasteiger partial charge is 0.496 e. The van der Waals surface area contributed by atoms with Crippen LogP contribution in [0.4, 0.5) is 0 Å². The maximum absolute atomic E-state index is 9.64. The summed E-state index contributed by atoms with van der Waals surface area (Å²) in [6.07, 6.45) is 0.0591. The summed E-state index contributed by atoms with van der Waals surface area (Å²) in [5.41, 5.74) is 0.917. The zero-order valence-electron chi connectivity index (χ0n) is 12.3. The van der Waals surface area contributed by atoms with Crippen molar-refractivity contribution >= 4 is 10.8 Å². The minimum atomic E-state index is -0.448. The van der Waals surface area contributed by atoms with Gasteiger partial charge in [-0.1, -0.05) is 12.1 Å². The highest BCUT2D eigenvalue weighted by molar-refractivity contribution is 5.99. The van der Waals surface area contributed by atoms with Gasteiger partial charge in [0.1, 0.15) is 17.2 Å². The van der Waals surface area contributed by atoms with Crippen molar-refractivity contribution in [2.75, 3.05) is 21.3 Å². The molecule has 20 heavy (non-hydrogen) atoms. The molecule has 0 saturated carbocycles. The van der Waals surface area contributed by atoms with Crippen molar-refractivity contribution in [3.05, 3.63) is 29.8 Å². The van der Waals surface area contributed by atoms with Gasteiger partial charge in [0.15, 0.2) is 0 Å². The zero-order valence-corrected chi connectivity index (χ0v) is 12.3. The number of hydrogen-bond donors (Lipinski definition) is 1. The second-order valence-electron chi connectivity index (χ2n) is 4.71. The van der Waals surface area contributed by atoms with E-state index in [1.54, 1.807) is 28.3 Å². The SMILES string of the molecule is COc1c(CC(C)O)cc(OC)c2c(OC)cccc12. The monoisotopic (exact) mass is 276 g/mol. The lowest BCUT2D eigenvalue weighted by atomic mass is 9.99. The van der Waals surface area contributed by atoms with Crippen molar-refractivity contribution in [1.82, 2.24) is 0 Å². The predicted molar refractivity (Wildman–Crippen MR) is 79.0 cm³/mol. The molecule has 2 aromatic rings. The molecule has 0 aromatic heterocycles. The Labute approximate surface area is 118 Å². The Balaban J connectivity index is 2.79. The molecule has 0 aliphatic heterocycles. The number of rotatable bonds is 5. The lowest BCUT2D eigenvalue weighted by Crippen LogP contribution is -2.06. The standard InChI is InChI=1S/C16H20O4/c1-10(17)8-11-9-14(19-3)15-12(16(11)20-4)6-5-7-13(15)18-2/h5-7,9-10,17H,8H2,1-4H3. The van der Waals surface area contributed by atoms with E-state index >= 15 is 0 Å². The predicted octanol–water partition coefficient (Wildman–Crippen LogP) is 2.79. The Bertz CT molecular complexity index is 605. The number of ether oxygens (including phenoxy) is 3. The molecular weight excluding hydrogens is 256 g/mol. The van der Waals surface area contributed by atoms with Gasteiger partial charge >= 0.3 is 0 Å². The fourth-order valence-corrected chi connectivity index (χ4v) is 2.49. The Kier molecular flexibility index (Phi) is 4.35. The molecule has 0 saturated heterocycles. The molecule has 0 heterocycles. The van der Waals surface area contributed by atoms with E-state index in [2.05, 4.69) is 0 Å². The Morgan fingerprint density at radius 3 is 2.30 bits per heavy atom. The maximum atomic E-state index is 9.64. The van der Waals surface area contributed by atoms with E-state index < -0.39 is 6.10 Å². The Hall–Kier alpha value is -1.94. The van der Waals surface area contributed by atoms with Crippen molar-refractivity contribution in [2.45, 2.75) is 19.4 Å². The summed E-state index contributed by atoms with van der Waals surface area (Å²) in [4.78, 5) is 0. The van der Waals surface area contributed by atoms with Crippen LogP contribution in [0.25, 0.3) is 10.8 Å². The summed E-state index contributed by atoms with van der Waals surface area (Å²) < 4.78 is 16.4. The first-order chi connectivity index (χ1) is 9.62. The molecule has 2 aromatic carbocycles. The van der Waals surface area contributed by atoms with E-state index in [-0.39, 0.29) is 0 Å². The summed E-state index contributed by atoms with van der Waals surface area (Å²) in [5.74, 6) is 2.20. The van der Waals surface area contributed by atoms with Gasteiger partial charge in [-0.3, -0.25) is 0 Å². The van der Waals surface area contributed by atoms with E-state index in [9.17, 15) is 5.11 Å². The van der Waals surface area contributed by atoms with Crippen LogP contribution in [0, 0.1) is 0 Å². The van der Waals surface area contributed by atoms with Crippen LogP contribution in [-0.4, -0.2) is 32.5 Å². The van der Waals surface area contributed by atoms with Crippen molar-refractivity contribution in [3.63, 3.8) is 0 Å². The summed E-state index contributed by atoms with van der Waals surface area (Å²) in [5, 5.41) is 11.4. The number of aliphatic hydroxyl groups is 1. The summed E-state index contributed by atoms with van der Waals surface area (Å²) in [6.45, 7) is 1.75. The third kappa shape index (κ3) is 2.51. The molecule has 0 fully saturated rings. The molecule has 0 radical (unpaired) electrons. The molecule has 1 unspecified atom stereocenters. The van der Waals surface area contributed by atoms with Crippen LogP contribution in [-0.2, 0) is 6.42 Å². The number of hydrogen-bond acceptors (Lipinski definition) is 4. The van der Waals surface area contributed by atoms with E-state index in [0.717, 1.165) is 27.8 Å². The van der Waals surface area contributed by atoms with Crippen molar-refractivity contribution in [2.24, 2.45) is 0 Å². The van der Waals surface area contributed by atoms with E-state index in [1.165, 1.54) is 0 Å². The van der Waals surface area contributed by atoms with Crippen molar-refractivity contribution in [1.29, 1.82) is 0 Å². The molecule has 0 amide bonds. The van der Waals surface area contributed by atoms with E-state index in [1.807, 2.05) is 24.3 Å². The minimum Gasteiger partial charge on any atom is -0.496 e. The van der Waals surface area contributed by atoms with Crippen LogP contribution in [0.3, 0.4) is 0 Å².